The molecule has 0 unspecified atom stereocenters. The highest BCUT2D eigenvalue weighted by atomic mass is 32.1. The van der Waals surface area contributed by atoms with Crippen LogP contribution in [0.2, 0.25) is 0 Å². The van der Waals surface area contributed by atoms with Gasteiger partial charge in [-0.25, -0.2) is 0 Å². The first kappa shape index (κ1) is 14.1. The number of anilines is 3. The summed E-state index contributed by atoms with van der Waals surface area (Å²) >= 11 is 5.18. The van der Waals surface area contributed by atoms with Crippen molar-refractivity contribution in [2.45, 2.75) is 0 Å². The van der Waals surface area contributed by atoms with E-state index in [2.05, 4.69) is 22.5 Å². The van der Waals surface area contributed by atoms with Gasteiger partial charge in [0, 0.05) is 23.6 Å². The van der Waals surface area contributed by atoms with Crippen molar-refractivity contribution in [3.05, 3.63) is 67.3 Å². The maximum absolute atomic E-state index is 5.18. The fourth-order valence-corrected chi connectivity index (χ4v) is 1.90. The van der Waals surface area contributed by atoms with Gasteiger partial charge in [-0.05, 0) is 42.5 Å². The molecule has 102 valence electrons. The van der Waals surface area contributed by atoms with Crippen LogP contribution in [0.5, 0.6) is 0 Å². The zero-order valence-corrected chi connectivity index (χ0v) is 11.9. The molecule has 0 atom stereocenters. The molecule has 0 bridgehead atoms. The van der Waals surface area contributed by atoms with Crippen molar-refractivity contribution in [2.75, 3.05) is 17.2 Å². The maximum Gasteiger partial charge on any atom is 0.171 e. The van der Waals surface area contributed by atoms with Crippen molar-refractivity contribution in [1.82, 2.24) is 5.32 Å². The van der Waals surface area contributed by atoms with Gasteiger partial charge in [-0.3, -0.25) is 0 Å². The van der Waals surface area contributed by atoms with Crippen molar-refractivity contribution in [2.24, 2.45) is 0 Å². The summed E-state index contributed by atoms with van der Waals surface area (Å²) in [5.41, 5.74) is 3.00. The van der Waals surface area contributed by atoms with Crippen LogP contribution in [0.25, 0.3) is 0 Å². The number of para-hydroxylation sites is 1. The Hall–Kier alpha value is -2.33. The predicted molar refractivity (Wildman–Crippen MR) is 90.6 cm³/mol. The van der Waals surface area contributed by atoms with Crippen molar-refractivity contribution in [3.63, 3.8) is 0 Å². The molecule has 0 aromatic heterocycles. The Kier molecular flexibility index (Phi) is 5.15. The van der Waals surface area contributed by atoms with Gasteiger partial charge in [0.15, 0.2) is 5.11 Å². The van der Waals surface area contributed by atoms with E-state index in [1.165, 1.54) is 0 Å². The Morgan fingerprint density at radius 3 is 2.45 bits per heavy atom. The molecule has 0 aliphatic carbocycles. The smallest absolute Gasteiger partial charge is 0.171 e. The molecule has 2 aromatic carbocycles. The van der Waals surface area contributed by atoms with Crippen LogP contribution >= 0.6 is 12.2 Å². The molecule has 3 N–H and O–H groups in total. The van der Waals surface area contributed by atoms with Crippen LogP contribution in [0.15, 0.2) is 67.3 Å². The Morgan fingerprint density at radius 1 is 1.00 bits per heavy atom. The molecule has 2 rings (SSSR count). The summed E-state index contributed by atoms with van der Waals surface area (Å²) < 4.78 is 0. The first-order valence-corrected chi connectivity index (χ1v) is 6.76. The normalized spacial score (nSPS) is 9.60. The third kappa shape index (κ3) is 4.40. The lowest BCUT2D eigenvalue weighted by Crippen LogP contribution is -2.28. The molecule has 0 radical (unpaired) electrons. The molecular weight excluding hydrogens is 266 g/mol. The summed E-state index contributed by atoms with van der Waals surface area (Å²) in [5.74, 6) is 0. The molecule has 0 aliphatic heterocycles. The number of hydrogen-bond donors (Lipinski definition) is 3. The monoisotopic (exact) mass is 283 g/mol. The number of hydrogen-bond acceptors (Lipinski definition) is 2. The zero-order chi connectivity index (χ0) is 14.2. The summed E-state index contributed by atoms with van der Waals surface area (Å²) in [5, 5.41) is 10.1. The number of thiocarbonyl (C=S) groups is 1. The van der Waals surface area contributed by atoms with E-state index in [-0.39, 0.29) is 0 Å². The minimum Gasteiger partial charge on any atom is -0.359 e. The largest absolute Gasteiger partial charge is 0.359 e. The van der Waals surface area contributed by atoms with Gasteiger partial charge in [-0.2, -0.15) is 0 Å². The highest BCUT2D eigenvalue weighted by Crippen LogP contribution is 2.19. The summed E-state index contributed by atoms with van der Waals surface area (Å²) in [6.07, 6.45) is 1.77. The SMILES string of the molecule is C=CCNC(=S)Nc1cccc(Nc2ccccc2)c1. The third-order valence-corrected chi connectivity index (χ3v) is 2.84. The number of nitrogens with one attached hydrogen (secondary N) is 3. The van der Waals surface area contributed by atoms with E-state index < -0.39 is 0 Å². The quantitative estimate of drug-likeness (QED) is 0.574. The van der Waals surface area contributed by atoms with Crippen molar-refractivity contribution >= 4 is 34.4 Å². The molecule has 20 heavy (non-hydrogen) atoms. The summed E-state index contributed by atoms with van der Waals surface area (Å²) in [4.78, 5) is 0. The molecule has 0 fully saturated rings. The van der Waals surface area contributed by atoms with Crippen LogP contribution in [-0.2, 0) is 0 Å². The molecule has 0 aliphatic rings. The second-order valence-corrected chi connectivity index (χ2v) is 4.60. The van der Waals surface area contributed by atoms with Crippen LogP contribution in [0.1, 0.15) is 0 Å². The highest BCUT2D eigenvalue weighted by molar-refractivity contribution is 7.80. The van der Waals surface area contributed by atoms with Crippen LogP contribution < -0.4 is 16.0 Å². The Balaban J connectivity index is 2.01. The average molecular weight is 283 g/mol. The van der Waals surface area contributed by atoms with Crippen molar-refractivity contribution in [1.29, 1.82) is 0 Å². The molecule has 0 saturated heterocycles. The van der Waals surface area contributed by atoms with E-state index in [1.54, 1.807) is 6.08 Å². The van der Waals surface area contributed by atoms with Crippen LogP contribution in [0, 0.1) is 0 Å². The highest BCUT2D eigenvalue weighted by Gasteiger charge is 1.99. The molecular formula is C16H17N3S. The number of rotatable bonds is 5. The fraction of sp³-hybridized carbons (Fsp3) is 0.0625. The minimum absolute atomic E-state index is 0.585. The summed E-state index contributed by atoms with van der Waals surface area (Å²) in [6, 6.07) is 18.0. The topological polar surface area (TPSA) is 36.1 Å². The maximum atomic E-state index is 5.18. The Morgan fingerprint density at radius 2 is 1.70 bits per heavy atom. The Bertz CT molecular complexity index is 581. The van der Waals surface area contributed by atoms with E-state index >= 15 is 0 Å². The molecule has 0 amide bonds. The van der Waals surface area contributed by atoms with Crippen molar-refractivity contribution < 1.29 is 0 Å². The molecule has 3 nitrogen and oxygen atoms in total. The minimum atomic E-state index is 0.585. The zero-order valence-electron chi connectivity index (χ0n) is 11.1. The average Bonchev–Trinajstić information content (AvgIpc) is 2.46. The van der Waals surface area contributed by atoms with Crippen molar-refractivity contribution in [3.8, 4) is 0 Å². The molecule has 4 heteroatoms. The van der Waals surface area contributed by atoms with Gasteiger partial charge < -0.3 is 16.0 Å². The first-order valence-electron chi connectivity index (χ1n) is 6.36. The Labute approximate surface area is 124 Å². The van der Waals surface area contributed by atoms with Gasteiger partial charge in [0.1, 0.15) is 0 Å². The second kappa shape index (κ2) is 7.31. The van der Waals surface area contributed by atoms with Gasteiger partial charge in [-0.15, -0.1) is 6.58 Å². The summed E-state index contributed by atoms with van der Waals surface area (Å²) in [7, 11) is 0. The van der Waals surface area contributed by atoms with Crippen LogP contribution in [-0.4, -0.2) is 11.7 Å². The van der Waals surface area contributed by atoms with Crippen LogP contribution in [0.4, 0.5) is 17.1 Å². The van der Waals surface area contributed by atoms with E-state index in [4.69, 9.17) is 12.2 Å². The van der Waals surface area contributed by atoms with Gasteiger partial charge in [0.25, 0.3) is 0 Å². The van der Waals surface area contributed by atoms with Gasteiger partial charge in [-0.1, -0.05) is 30.3 Å². The van der Waals surface area contributed by atoms with E-state index in [0.29, 0.717) is 11.7 Å². The fourth-order valence-electron chi connectivity index (χ4n) is 1.70. The van der Waals surface area contributed by atoms with Gasteiger partial charge in [0.2, 0.25) is 0 Å². The summed E-state index contributed by atoms with van der Waals surface area (Å²) in [6.45, 7) is 4.29. The lowest BCUT2D eigenvalue weighted by atomic mass is 10.2. The molecule has 0 heterocycles. The molecule has 0 saturated carbocycles. The van der Waals surface area contributed by atoms with Gasteiger partial charge in [0.05, 0.1) is 0 Å². The predicted octanol–water partition coefficient (Wildman–Crippen LogP) is 3.90. The standard InChI is InChI=1S/C16H17N3S/c1-2-11-17-16(20)19-15-10-6-9-14(12-15)18-13-7-4-3-5-8-13/h2-10,12,18H,1,11H2,(H2,17,19,20). The van der Waals surface area contributed by atoms with E-state index in [1.807, 2.05) is 54.6 Å². The lowest BCUT2D eigenvalue weighted by molar-refractivity contribution is 1.06. The van der Waals surface area contributed by atoms with E-state index in [0.717, 1.165) is 17.1 Å². The molecule has 0 spiro atoms. The van der Waals surface area contributed by atoms with Gasteiger partial charge >= 0.3 is 0 Å². The van der Waals surface area contributed by atoms with Crippen LogP contribution in [0.3, 0.4) is 0 Å². The third-order valence-electron chi connectivity index (χ3n) is 2.59. The van der Waals surface area contributed by atoms with E-state index in [9.17, 15) is 0 Å². The molecule has 2 aromatic rings. The number of benzene rings is 2. The second-order valence-electron chi connectivity index (χ2n) is 4.20. The lowest BCUT2D eigenvalue weighted by Gasteiger charge is -2.11. The first-order chi connectivity index (χ1) is 9.78.